The molecule has 5 atom stereocenters. The van der Waals surface area contributed by atoms with Gasteiger partial charge in [0.2, 0.25) is 0 Å². The van der Waals surface area contributed by atoms with Gasteiger partial charge in [0.25, 0.3) is 5.56 Å². The molecule has 2 heterocycles. The molecule has 2 unspecified atom stereocenters. The topological polar surface area (TPSA) is 268 Å². The van der Waals surface area contributed by atoms with Crippen molar-refractivity contribution < 1.29 is 61.5 Å². The van der Waals surface area contributed by atoms with Crippen LogP contribution in [0.25, 0.3) is 6.08 Å². The van der Waals surface area contributed by atoms with Gasteiger partial charge in [0.1, 0.15) is 12.2 Å². The first-order valence-corrected chi connectivity index (χ1v) is 12.2. The van der Waals surface area contributed by atoms with Gasteiger partial charge in [-0.1, -0.05) is 12.7 Å². The molecule has 7 N–H and O–H groups in total. The molecule has 1 aliphatic heterocycles. The minimum absolute atomic E-state index is 0.124. The van der Waals surface area contributed by atoms with Gasteiger partial charge < -0.3 is 29.8 Å². The van der Waals surface area contributed by atoms with Crippen LogP contribution in [0.4, 0.5) is 0 Å². The van der Waals surface area contributed by atoms with Gasteiger partial charge in [-0.3, -0.25) is 14.3 Å². The Bertz CT molecular complexity index is 1090. The molecule has 1 fully saturated rings. The molecular weight excluding hydrogens is 495 g/mol. The predicted molar refractivity (Wildman–Crippen MR) is 96.3 cm³/mol. The minimum Gasteiger partial charge on any atom is -0.385 e. The van der Waals surface area contributed by atoms with E-state index in [9.17, 15) is 38.4 Å². The first-order valence-electron chi connectivity index (χ1n) is 7.64. The number of hydroxylamine groups is 1. The summed E-state index contributed by atoms with van der Waals surface area (Å²) in [5.41, 5.74) is -2.04. The molecule has 1 aliphatic rings. The highest BCUT2D eigenvalue weighted by molar-refractivity contribution is 7.66. The van der Waals surface area contributed by atoms with E-state index in [0.29, 0.717) is 9.85 Å². The monoisotopic (exact) mass is 511 g/mol. The van der Waals surface area contributed by atoms with E-state index in [0.717, 1.165) is 12.3 Å². The number of H-pyrrole nitrogens is 1. The maximum atomic E-state index is 11.9. The van der Waals surface area contributed by atoms with Crippen LogP contribution in [-0.4, -0.2) is 64.5 Å². The molecule has 1 aromatic heterocycles. The molecule has 0 aromatic carbocycles. The zero-order valence-electron chi connectivity index (χ0n) is 14.9. The fraction of sp³-hybridized carbons (Fsp3) is 0.400. The quantitative estimate of drug-likeness (QED) is 0.168. The molecular formula is C10H16N3O15P3. The highest BCUT2D eigenvalue weighted by Crippen LogP contribution is 2.66. The zero-order chi connectivity index (χ0) is 23.8. The minimum atomic E-state index is -5.76. The van der Waals surface area contributed by atoms with Gasteiger partial charge in [-0.2, -0.15) is 18.5 Å². The summed E-state index contributed by atoms with van der Waals surface area (Å²) >= 11 is 0. The highest BCUT2D eigenvalue weighted by atomic mass is 31.3. The van der Waals surface area contributed by atoms with Crippen molar-refractivity contribution in [2.45, 2.75) is 18.4 Å². The zero-order valence-corrected chi connectivity index (χ0v) is 17.6. The van der Waals surface area contributed by atoms with E-state index in [1.54, 1.807) is 0 Å². The highest BCUT2D eigenvalue weighted by Gasteiger charge is 2.46. The number of aromatic amines is 1. The number of phosphoric ester groups is 1. The van der Waals surface area contributed by atoms with E-state index in [1.165, 1.54) is 0 Å². The number of rotatable bonds is 9. The third-order valence-electron chi connectivity index (χ3n) is 3.36. The van der Waals surface area contributed by atoms with Gasteiger partial charge in [-0.05, 0) is 0 Å². The second kappa shape index (κ2) is 9.17. The fourth-order valence-corrected chi connectivity index (χ4v) is 5.16. The Kier molecular flexibility index (Phi) is 7.62. The molecule has 176 valence electrons. The van der Waals surface area contributed by atoms with Crippen LogP contribution in [0.15, 0.2) is 22.4 Å². The van der Waals surface area contributed by atoms with E-state index < -0.39 is 59.8 Å². The first-order chi connectivity index (χ1) is 14.1. The molecule has 31 heavy (non-hydrogen) atoms. The Morgan fingerprint density at radius 3 is 2.29 bits per heavy atom. The predicted octanol–water partition coefficient (Wildman–Crippen LogP) is -2.55. The van der Waals surface area contributed by atoms with Crippen molar-refractivity contribution in [3.05, 3.63) is 39.2 Å². The lowest BCUT2D eigenvalue weighted by molar-refractivity contribution is -0.0231. The Labute approximate surface area is 170 Å². The molecule has 0 bridgehead atoms. The van der Waals surface area contributed by atoms with Crippen LogP contribution in [0.2, 0.25) is 0 Å². The van der Waals surface area contributed by atoms with Crippen LogP contribution in [0.5, 0.6) is 0 Å². The smallest absolute Gasteiger partial charge is 0.385 e. The maximum absolute atomic E-state index is 11.9. The number of nitrogens with one attached hydrogen (secondary N) is 1. The van der Waals surface area contributed by atoms with Crippen molar-refractivity contribution in [2.75, 3.05) is 11.8 Å². The molecule has 0 radical (unpaired) electrons. The summed E-state index contributed by atoms with van der Waals surface area (Å²) in [6, 6.07) is 0. The summed E-state index contributed by atoms with van der Waals surface area (Å²) in [7, 11) is -16.9. The lowest BCUT2D eigenvalue weighted by Gasteiger charge is -2.22. The molecule has 0 saturated carbocycles. The van der Waals surface area contributed by atoms with Gasteiger partial charge >= 0.3 is 29.2 Å². The van der Waals surface area contributed by atoms with E-state index in [-0.39, 0.29) is 5.56 Å². The average Bonchev–Trinajstić information content (AvgIpc) is 2.85. The largest absolute Gasteiger partial charge is 0.490 e. The number of nitrogens with zero attached hydrogens (tertiary/aromatic N) is 2. The van der Waals surface area contributed by atoms with Gasteiger partial charge in [0.15, 0.2) is 6.23 Å². The van der Waals surface area contributed by atoms with Crippen molar-refractivity contribution in [1.82, 2.24) is 9.66 Å². The normalized spacial score (nSPS) is 25.7. The van der Waals surface area contributed by atoms with Gasteiger partial charge in [-0.15, -0.1) is 0 Å². The Hall–Kier alpha value is -1.49. The van der Waals surface area contributed by atoms with Crippen LogP contribution in [-0.2, 0) is 31.7 Å². The molecule has 1 aromatic rings. The van der Waals surface area contributed by atoms with Crippen molar-refractivity contribution in [1.29, 1.82) is 0 Å². The Morgan fingerprint density at radius 2 is 1.74 bits per heavy atom. The van der Waals surface area contributed by atoms with Gasteiger partial charge in [0, 0.05) is 6.20 Å². The number of phosphoric acid groups is 3. The van der Waals surface area contributed by atoms with Crippen LogP contribution in [0, 0.1) is 0 Å². The third-order valence-corrected chi connectivity index (χ3v) is 7.16. The number of aliphatic hydroxyl groups is 2. The summed E-state index contributed by atoms with van der Waals surface area (Å²) in [5.74, 6) is 0. The fourth-order valence-electron chi connectivity index (χ4n) is 2.13. The first kappa shape index (κ1) is 25.8. The van der Waals surface area contributed by atoms with Crippen molar-refractivity contribution >= 4 is 29.5 Å². The van der Waals surface area contributed by atoms with E-state index in [4.69, 9.17) is 19.5 Å². The van der Waals surface area contributed by atoms with Gasteiger partial charge in [0.05, 0.1) is 12.2 Å². The summed E-state index contributed by atoms with van der Waals surface area (Å²) in [6.45, 7) is 2.24. The van der Waals surface area contributed by atoms with Gasteiger partial charge in [-0.25, -0.2) is 23.3 Å². The molecule has 0 spiro atoms. The summed E-state index contributed by atoms with van der Waals surface area (Å²) in [5, 5.41) is 20.4. The molecule has 0 aliphatic carbocycles. The summed E-state index contributed by atoms with van der Waals surface area (Å²) in [4.78, 5) is 65.8. The second-order valence-corrected chi connectivity index (χ2v) is 10.0. The third kappa shape index (κ3) is 6.74. The Morgan fingerprint density at radius 1 is 1.13 bits per heavy atom. The summed E-state index contributed by atoms with van der Waals surface area (Å²) < 4.78 is 45.4. The molecule has 18 nitrogen and oxygen atoms in total. The second-order valence-electron chi connectivity index (χ2n) is 5.63. The maximum Gasteiger partial charge on any atom is 0.490 e. The van der Waals surface area contributed by atoms with Crippen LogP contribution in [0.3, 0.4) is 0 Å². The van der Waals surface area contributed by atoms with Crippen molar-refractivity contribution in [2.24, 2.45) is 0 Å². The van der Waals surface area contributed by atoms with Crippen LogP contribution < -0.4 is 16.4 Å². The molecule has 1 saturated heterocycles. The van der Waals surface area contributed by atoms with E-state index in [2.05, 4.69) is 19.7 Å². The average molecular weight is 511 g/mol. The Balaban J connectivity index is 2.13. The molecule has 0 amide bonds. The van der Waals surface area contributed by atoms with Crippen LogP contribution in [0.1, 0.15) is 5.56 Å². The standard InChI is InChI=1S/C10H16N3O15P3/c1-2-5-3-12(10(17)11-8(5)15)13-9(16)7(14)6(26-13)4-25-30(21,22)28-31(23,24)27-29(18,19)20/h2-3,6-7,9,14,16H,1,4H2,(H,21,22)(H,23,24)(H,11,15,17)(H2,18,19,20)/t6-,7-,9-/m1/s1. The lowest BCUT2D eigenvalue weighted by Crippen LogP contribution is -2.49. The lowest BCUT2D eigenvalue weighted by atomic mass is 10.2. The number of hydrogen-bond donors (Lipinski definition) is 7. The van der Waals surface area contributed by atoms with E-state index in [1.807, 2.05) is 4.98 Å². The van der Waals surface area contributed by atoms with Crippen molar-refractivity contribution in [3.8, 4) is 0 Å². The molecule has 2 rings (SSSR count). The van der Waals surface area contributed by atoms with Crippen molar-refractivity contribution in [3.63, 3.8) is 0 Å². The van der Waals surface area contributed by atoms with Crippen LogP contribution >= 0.6 is 23.5 Å². The summed E-state index contributed by atoms with van der Waals surface area (Å²) in [6.07, 6.45) is -3.56. The SMILES string of the molecule is C=Cc1cn(N2O[C@H](COP(=O)(O)OP(=O)(O)OP(=O)(O)O)[C@@H](O)[C@H]2O)c(=O)[nH]c1=O. The number of hydrogen-bond acceptors (Lipinski definition) is 12. The van der Waals surface area contributed by atoms with E-state index >= 15 is 0 Å². The number of aromatic nitrogens is 2. The number of aliphatic hydroxyl groups excluding tert-OH is 2. The molecule has 21 heteroatoms.